The first-order valence-corrected chi connectivity index (χ1v) is 4.17. The molecule has 1 atom stereocenters. The summed E-state index contributed by atoms with van der Waals surface area (Å²) in [4.78, 5) is 4.29. The van der Waals surface area contributed by atoms with E-state index in [1.54, 1.807) is 6.92 Å². The molecule has 12 heavy (non-hydrogen) atoms. The molecule has 0 fully saturated rings. The van der Waals surface area contributed by atoms with Crippen LogP contribution in [0.4, 0.5) is 0 Å². The number of aliphatic imine (C=N–C) groups is 1. The van der Waals surface area contributed by atoms with Gasteiger partial charge in [0.25, 0.3) is 0 Å². The van der Waals surface area contributed by atoms with Crippen molar-refractivity contribution in [2.45, 2.75) is 52.7 Å². The topological polar surface area (TPSA) is 32.6 Å². The molecule has 0 aromatic carbocycles. The zero-order chi connectivity index (χ0) is 9.07. The number of rotatable bonds is 3. The summed E-state index contributed by atoms with van der Waals surface area (Å²) in [6.07, 6.45) is 0.717. The van der Waals surface area contributed by atoms with Crippen molar-refractivity contribution in [3.05, 3.63) is 0 Å². The number of nitrogens with zero attached hydrogens (tertiary/aromatic N) is 1. The molecule has 0 aromatic rings. The van der Waals surface area contributed by atoms with Gasteiger partial charge in [-0.2, -0.15) is 0 Å². The van der Waals surface area contributed by atoms with Gasteiger partial charge in [-0.15, -0.1) is 0 Å². The van der Waals surface area contributed by atoms with E-state index in [0.29, 0.717) is 0 Å². The van der Waals surface area contributed by atoms with Crippen LogP contribution in [0, 0.1) is 0 Å². The summed E-state index contributed by atoms with van der Waals surface area (Å²) >= 11 is 0. The average Bonchev–Trinajstić information content (AvgIpc) is 1.86. The number of hydrogen-bond acceptors (Lipinski definition) is 2. The molecule has 1 N–H and O–H groups in total. The monoisotopic (exact) mass is 246 g/mol. The van der Waals surface area contributed by atoms with Crippen molar-refractivity contribution in [1.29, 1.82) is 0 Å². The van der Waals surface area contributed by atoms with E-state index < -0.39 is 5.60 Å². The molecule has 0 rings (SSSR count). The van der Waals surface area contributed by atoms with Crippen molar-refractivity contribution in [3.63, 3.8) is 0 Å². The van der Waals surface area contributed by atoms with Crippen molar-refractivity contribution in [3.8, 4) is 0 Å². The van der Waals surface area contributed by atoms with Crippen LogP contribution in [0.2, 0.25) is 0 Å². The van der Waals surface area contributed by atoms with Crippen LogP contribution >= 0.6 is 0 Å². The van der Waals surface area contributed by atoms with Crippen LogP contribution in [0.1, 0.15) is 41.0 Å². The van der Waals surface area contributed by atoms with E-state index >= 15 is 0 Å². The van der Waals surface area contributed by atoms with Crippen molar-refractivity contribution >= 4 is 5.71 Å². The molecule has 0 saturated heterocycles. The molecule has 2 nitrogen and oxygen atoms in total. The first kappa shape index (κ1) is 15.2. The maximum Gasteiger partial charge on any atom is 0.0989 e. The van der Waals surface area contributed by atoms with Gasteiger partial charge in [-0.1, -0.05) is 6.92 Å². The molecule has 0 aliphatic carbocycles. The summed E-state index contributed by atoms with van der Waals surface area (Å²) in [6, 6.07) is 0.271. The van der Waals surface area contributed by atoms with Gasteiger partial charge in [0.2, 0.25) is 0 Å². The molecular formula is C9H19NOY. The van der Waals surface area contributed by atoms with Crippen molar-refractivity contribution in [1.82, 2.24) is 0 Å². The molecule has 3 heteroatoms. The van der Waals surface area contributed by atoms with Gasteiger partial charge in [0.1, 0.15) is 0 Å². The molecule has 1 unspecified atom stereocenters. The van der Waals surface area contributed by atoms with Crippen LogP contribution in [0.25, 0.3) is 0 Å². The Morgan fingerprint density at radius 2 is 1.92 bits per heavy atom. The van der Waals surface area contributed by atoms with E-state index in [0.717, 1.165) is 12.1 Å². The number of aliphatic hydroxyl groups is 1. The Morgan fingerprint density at radius 3 is 2.17 bits per heavy atom. The largest absolute Gasteiger partial charge is 0.384 e. The summed E-state index contributed by atoms with van der Waals surface area (Å²) in [5, 5.41) is 9.71. The van der Waals surface area contributed by atoms with Gasteiger partial charge < -0.3 is 5.11 Å². The summed E-state index contributed by atoms with van der Waals surface area (Å²) < 4.78 is 0. The van der Waals surface area contributed by atoms with Crippen LogP contribution < -0.4 is 0 Å². The van der Waals surface area contributed by atoms with E-state index in [9.17, 15) is 5.11 Å². The van der Waals surface area contributed by atoms with Gasteiger partial charge in [0, 0.05) is 44.5 Å². The van der Waals surface area contributed by atoms with Crippen LogP contribution in [0.3, 0.4) is 0 Å². The Balaban J connectivity index is 0. The normalized spacial score (nSPS) is 17.1. The van der Waals surface area contributed by atoms with E-state index in [1.165, 1.54) is 0 Å². The third-order valence-electron chi connectivity index (χ3n) is 1.92. The summed E-state index contributed by atoms with van der Waals surface area (Å²) in [5.74, 6) is 0. The predicted octanol–water partition coefficient (Wildman–Crippen LogP) is 2.01. The SMILES string of the molecule is CCC(C)(O)C(C)=NC(C)C.[Y]. The number of hydrogen-bond donors (Lipinski definition) is 1. The molecular weight excluding hydrogens is 227 g/mol. The molecule has 69 valence electrons. The van der Waals surface area contributed by atoms with Gasteiger partial charge in [0.05, 0.1) is 5.60 Å². The second-order valence-corrected chi connectivity index (χ2v) is 3.44. The standard InChI is InChI=1S/C9H19NO.Y/c1-6-9(5,11)8(4)10-7(2)3;/h7,11H,6H2,1-5H3;. The Bertz CT molecular complexity index is 153. The van der Waals surface area contributed by atoms with Crippen LogP contribution in [0.5, 0.6) is 0 Å². The summed E-state index contributed by atoms with van der Waals surface area (Å²) in [6.45, 7) is 9.65. The predicted molar refractivity (Wildman–Crippen MR) is 49.2 cm³/mol. The van der Waals surface area contributed by atoms with E-state index in [-0.39, 0.29) is 38.8 Å². The van der Waals surface area contributed by atoms with Gasteiger partial charge in [-0.25, -0.2) is 0 Å². The maximum absolute atomic E-state index is 9.71. The maximum atomic E-state index is 9.71. The first-order chi connectivity index (χ1) is 4.90. The van der Waals surface area contributed by atoms with Crippen molar-refractivity contribution < 1.29 is 37.8 Å². The van der Waals surface area contributed by atoms with Crippen molar-refractivity contribution in [2.75, 3.05) is 0 Å². The smallest absolute Gasteiger partial charge is 0.0989 e. The molecule has 0 bridgehead atoms. The van der Waals surface area contributed by atoms with Gasteiger partial charge in [0.15, 0.2) is 0 Å². The molecule has 0 aliphatic heterocycles. The Morgan fingerprint density at radius 1 is 1.50 bits per heavy atom. The fraction of sp³-hybridized carbons (Fsp3) is 0.889. The minimum Gasteiger partial charge on any atom is -0.384 e. The second kappa shape index (κ2) is 6.23. The Labute approximate surface area is 101 Å². The molecule has 1 radical (unpaired) electrons. The van der Waals surface area contributed by atoms with E-state index in [4.69, 9.17) is 0 Å². The minimum atomic E-state index is -0.718. The average molecular weight is 246 g/mol. The third-order valence-corrected chi connectivity index (χ3v) is 1.92. The van der Waals surface area contributed by atoms with Crippen LogP contribution in [-0.2, 0) is 32.7 Å². The van der Waals surface area contributed by atoms with Gasteiger partial charge in [-0.05, 0) is 34.1 Å². The first-order valence-electron chi connectivity index (χ1n) is 4.17. The van der Waals surface area contributed by atoms with Gasteiger partial charge in [-0.3, -0.25) is 4.99 Å². The minimum absolute atomic E-state index is 0. The summed E-state index contributed by atoms with van der Waals surface area (Å²) in [7, 11) is 0. The summed E-state index contributed by atoms with van der Waals surface area (Å²) in [5.41, 5.74) is 0.111. The van der Waals surface area contributed by atoms with Gasteiger partial charge >= 0.3 is 0 Å². The third kappa shape index (κ3) is 5.39. The zero-order valence-corrected chi connectivity index (χ0v) is 11.6. The van der Waals surface area contributed by atoms with Crippen LogP contribution in [0.15, 0.2) is 4.99 Å². The fourth-order valence-corrected chi connectivity index (χ4v) is 0.782. The zero-order valence-electron chi connectivity index (χ0n) is 8.76. The molecule has 0 spiro atoms. The fourth-order valence-electron chi connectivity index (χ4n) is 0.782. The molecule has 0 saturated carbocycles. The molecule has 0 heterocycles. The molecule has 0 aromatic heterocycles. The Hall–Kier alpha value is 0.734. The molecule has 0 aliphatic rings. The Kier molecular flexibility index (Phi) is 7.90. The second-order valence-electron chi connectivity index (χ2n) is 3.44. The van der Waals surface area contributed by atoms with E-state index in [1.807, 2.05) is 27.7 Å². The quantitative estimate of drug-likeness (QED) is 0.759. The molecule has 0 amide bonds. The van der Waals surface area contributed by atoms with Crippen molar-refractivity contribution in [2.24, 2.45) is 4.99 Å². The van der Waals surface area contributed by atoms with E-state index in [2.05, 4.69) is 4.99 Å². The van der Waals surface area contributed by atoms with Crippen LogP contribution in [-0.4, -0.2) is 22.5 Å².